The van der Waals surface area contributed by atoms with Crippen molar-refractivity contribution in [2.75, 3.05) is 19.6 Å². The van der Waals surface area contributed by atoms with E-state index in [1.54, 1.807) is 0 Å². The average molecular weight is 213 g/mol. The Hall–Kier alpha value is 0.890. The number of hydrogen-bond acceptors (Lipinski definition) is 2. The maximum absolute atomic E-state index is 10.3. The van der Waals surface area contributed by atoms with E-state index >= 15 is 0 Å². The topological polar surface area (TPSA) is 20.3 Å². The summed E-state index contributed by atoms with van der Waals surface area (Å²) < 4.78 is 0. The maximum atomic E-state index is 10.3. The molecular formula is C10H23CaNO. The van der Waals surface area contributed by atoms with Crippen LogP contribution in [0.5, 0.6) is 0 Å². The standard InChI is InChI=1S/C10H21NO.Ca.2H/c1-3-5-7-11(9-10-12)8-6-4-2;;;/h10H,3-9H2,1-2H3;;;/q;+2;2*-1. The van der Waals surface area contributed by atoms with Gasteiger partial charge in [-0.25, -0.2) is 0 Å². The van der Waals surface area contributed by atoms with Gasteiger partial charge in [-0.05, 0) is 25.9 Å². The molecule has 0 saturated carbocycles. The summed E-state index contributed by atoms with van der Waals surface area (Å²) in [4.78, 5) is 12.5. The Bertz CT molecular complexity index is 110. The molecule has 0 aromatic heterocycles. The Morgan fingerprint density at radius 2 is 1.62 bits per heavy atom. The van der Waals surface area contributed by atoms with Gasteiger partial charge in [0.2, 0.25) is 0 Å². The minimum absolute atomic E-state index is 0. The van der Waals surface area contributed by atoms with Gasteiger partial charge in [-0.2, -0.15) is 0 Å². The SMILES string of the molecule is CCCCN(CC=O)CCCC.[Ca+2].[H-].[H-]. The summed E-state index contributed by atoms with van der Waals surface area (Å²) in [5.74, 6) is 0. The summed E-state index contributed by atoms with van der Waals surface area (Å²) in [7, 11) is 0. The Kier molecular flexibility index (Phi) is 16.2. The van der Waals surface area contributed by atoms with Gasteiger partial charge in [0.05, 0.1) is 6.54 Å². The summed E-state index contributed by atoms with van der Waals surface area (Å²) in [6.07, 6.45) is 5.84. The number of rotatable bonds is 8. The van der Waals surface area contributed by atoms with Gasteiger partial charge < -0.3 is 7.65 Å². The smallest absolute Gasteiger partial charge is 1.00 e. The molecule has 76 valence electrons. The largest absolute Gasteiger partial charge is 2.00 e. The van der Waals surface area contributed by atoms with Crippen molar-refractivity contribution in [1.29, 1.82) is 0 Å². The minimum atomic E-state index is 0. The van der Waals surface area contributed by atoms with E-state index in [-0.39, 0.29) is 40.6 Å². The Balaban J connectivity index is -0.000000202. The third-order valence-electron chi connectivity index (χ3n) is 1.99. The van der Waals surface area contributed by atoms with Crippen LogP contribution in [0.3, 0.4) is 0 Å². The van der Waals surface area contributed by atoms with E-state index in [9.17, 15) is 4.79 Å². The van der Waals surface area contributed by atoms with E-state index in [1.165, 1.54) is 25.7 Å². The normalized spacial score (nSPS) is 9.77. The molecule has 3 heteroatoms. The van der Waals surface area contributed by atoms with E-state index < -0.39 is 0 Å². The van der Waals surface area contributed by atoms with Crippen LogP contribution in [0.15, 0.2) is 0 Å². The monoisotopic (exact) mass is 213 g/mol. The zero-order chi connectivity index (χ0) is 9.23. The average Bonchev–Trinajstić information content (AvgIpc) is 2.10. The molecule has 0 aromatic carbocycles. The van der Waals surface area contributed by atoms with E-state index in [2.05, 4.69) is 18.7 Å². The molecule has 0 unspecified atom stereocenters. The first-order chi connectivity index (χ1) is 5.85. The summed E-state index contributed by atoms with van der Waals surface area (Å²) >= 11 is 0. The second kappa shape index (κ2) is 12.9. The minimum Gasteiger partial charge on any atom is -1.00 e. The number of aldehydes is 1. The zero-order valence-electron chi connectivity index (χ0n) is 11.1. The summed E-state index contributed by atoms with van der Waals surface area (Å²) in [6, 6.07) is 0. The van der Waals surface area contributed by atoms with Crippen molar-refractivity contribution in [2.45, 2.75) is 39.5 Å². The van der Waals surface area contributed by atoms with Crippen molar-refractivity contribution < 1.29 is 7.65 Å². The fourth-order valence-electron chi connectivity index (χ4n) is 1.16. The molecule has 0 bridgehead atoms. The summed E-state index contributed by atoms with van der Waals surface area (Å²) in [5, 5.41) is 0. The van der Waals surface area contributed by atoms with Gasteiger partial charge >= 0.3 is 37.7 Å². The first-order valence-electron chi connectivity index (χ1n) is 5.01. The van der Waals surface area contributed by atoms with Crippen LogP contribution in [0.4, 0.5) is 0 Å². The van der Waals surface area contributed by atoms with Gasteiger partial charge in [0, 0.05) is 0 Å². The van der Waals surface area contributed by atoms with Crippen LogP contribution in [0, 0.1) is 0 Å². The maximum Gasteiger partial charge on any atom is 2.00 e. The first-order valence-corrected chi connectivity index (χ1v) is 5.01. The molecule has 0 rings (SSSR count). The van der Waals surface area contributed by atoms with Crippen LogP contribution in [0.25, 0.3) is 0 Å². The quantitative estimate of drug-likeness (QED) is 0.453. The van der Waals surface area contributed by atoms with Gasteiger partial charge in [-0.15, -0.1) is 0 Å². The van der Waals surface area contributed by atoms with Crippen molar-refractivity contribution in [3.63, 3.8) is 0 Å². The third-order valence-corrected chi connectivity index (χ3v) is 1.99. The number of nitrogens with zero attached hydrogens (tertiary/aromatic N) is 1. The second-order valence-electron chi connectivity index (χ2n) is 3.17. The molecule has 0 heterocycles. The van der Waals surface area contributed by atoms with Gasteiger partial charge in [0.25, 0.3) is 0 Å². The fourth-order valence-corrected chi connectivity index (χ4v) is 1.16. The van der Waals surface area contributed by atoms with Crippen molar-refractivity contribution in [2.24, 2.45) is 0 Å². The molecule has 0 radical (unpaired) electrons. The molecule has 2 nitrogen and oxygen atoms in total. The summed E-state index contributed by atoms with van der Waals surface area (Å²) in [5.41, 5.74) is 0. The Morgan fingerprint density at radius 1 is 1.15 bits per heavy atom. The van der Waals surface area contributed by atoms with Crippen molar-refractivity contribution in [3.8, 4) is 0 Å². The molecule has 0 spiro atoms. The number of unbranched alkanes of at least 4 members (excludes halogenated alkanes) is 2. The molecule has 0 N–H and O–H groups in total. The van der Waals surface area contributed by atoms with Crippen molar-refractivity contribution >= 4 is 44.0 Å². The molecule has 0 aliphatic heterocycles. The van der Waals surface area contributed by atoms with E-state index in [1.807, 2.05) is 0 Å². The summed E-state index contributed by atoms with van der Waals surface area (Å²) in [6.45, 7) is 7.13. The van der Waals surface area contributed by atoms with Crippen LogP contribution in [0.2, 0.25) is 0 Å². The predicted octanol–water partition coefficient (Wildman–Crippen LogP) is 1.93. The van der Waals surface area contributed by atoms with Gasteiger partial charge in [-0.1, -0.05) is 26.7 Å². The van der Waals surface area contributed by atoms with E-state index in [0.29, 0.717) is 6.54 Å². The van der Waals surface area contributed by atoms with E-state index in [0.717, 1.165) is 19.4 Å². The van der Waals surface area contributed by atoms with Crippen LogP contribution in [-0.4, -0.2) is 68.6 Å². The second-order valence-corrected chi connectivity index (χ2v) is 3.17. The molecular weight excluding hydrogens is 190 g/mol. The molecule has 0 amide bonds. The Morgan fingerprint density at radius 3 is 1.92 bits per heavy atom. The third kappa shape index (κ3) is 10.8. The van der Waals surface area contributed by atoms with Crippen LogP contribution in [-0.2, 0) is 4.79 Å². The number of carbonyl (C=O) groups excluding carboxylic acids is 1. The van der Waals surface area contributed by atoms with Gasteiger partial charge in [-0.3, -0.25) is 4.90 Å². The first kappa shape index (κ1) is 16.3. The van der Waals surface area contributed by atoms with Crippen LogP contribution < -0.4 is 0 Å². The van der Waals surface area contributed by atoms with Crippen molar-refractivity contribution in [1.82, 2.24) is 4.90 Å². The number of carbonyl (C=O) groups is 1. The van der Waals surface area contributed by atoms with Crippen LogP contribution in [0.1, 0.15) is 42.4 Å². The molecule has 13 heavy (non-hydrogen) atoms. The van der Waals surface area contributed by atoms with Gasteiger partial charge in [0.1, 0.15) is 6.29 Å². The van der Waals surface area contributed by atoms with Crippen LogP contribution >= 0.6 is 0 Å². The van der Waals surface area contributed by atoms with E-state index in [4.69, 9.17) is 0 Å². The van der Waals surface area contributed by atoms with Crippen molar-refractivity contribution in [3.05, 3.63) is 0 Å². The fraction of sp³-hybridized carbons (Fsp3) is 0.900. The number of hydrogen-bond donors (Lipinski definition) is 0. The molecule has 0 aromatic rings. The molecule has 0 fully saturated rings. The molecule has 0 saturated heterocycles. The molecule has 0 atom stereocenters. The zero-order valence-corrected chi connectivity index (χ0v) is 11.3. The molecule has 0 aliphatic rings. The Labute approximate surface area is 115 Å². The predicted molar refractivity (Wildman–Crippen MR) is 60.3 cm³/mol. The van der Waals surface area contributed by atoms with Gasteiger partial charge in [0.15, 0.2) is 0 Å². The molecule has 0 aliphatic carbocycles.